The van der Waals surface area contributed by atoms with Crippen LogP contribution in [0.1, 0.15) is 190 Å². The molecule has 0 radical (unpaired) electrons. The third kappa shape index (κ3) is 74.0. The molecule has 60 nitrogen and oxygen atoms in total. The number of carbonyl (C=O) groups is 9. The van der Waals surface area contributed by atoms with Crippen molar-refractivity contribution in [2.24, 2.45) is 0 Å². The summed E-state index contributed by atoms with van der Waals surface area (Å²) in [5.41, 5.74) is 1.71. The van der Waals surface area contributed by atoms with Gasteiger partial charge < -0.3 is 116 Å². The van der Waals surface area contributed by atoms with Crippen molar-refractivity contribution in [3.63, 3.8) is 0 Å². The maximum Gasteiger partial charge on any atom is 0.513 e. The summed E-state index contributed by atoms with van der Waals surface area (Å²) in [5.74, 6) is -1.79. The van der Waals surface area contributed by atoms with Crippen LogP contribution in [-0.2, 0) is 120 Å². The van der Waals surface area contributed by atoms with Crippen molar-refractivity contribution in [2.45, 2.75) is 211 Å². The van der Waals surface area contributed by atoms with E-state index in [1.165, 1.54) is 48.5 Å². The summed E-state index contributed by atoms with van der Waals surface area (Å²) >= 11 is 0. The van der Waals surface area contributed by atoms with E-state index in [9.17, 15) is 134 Å². The Morgan fingerprint density at radius 1 is 0.203 bits per heavy atom. The number of carbonyl (C=O) groups excluding carboxylic acids is 9. The van der Waals surface area contributed by atoms with Gasteiger partial charge in [-0.3, -0.25) is 0 Å². The molecule has 0 fully saturated rings. The molecule has 774 valence electrons. The Bertz CT molecular complexity index is 4070. The summed E-state index contributed by atoms with van der Waals surface area (Å²) < 4.78 is 61.2. The van der Waals surface area contributed by atoms with Gasteiger partial charge in [0, 0.05) is 19.3 Å². The summed E-state index contributed by atoms with van der Waals surface area (Å²) in [6, 6.07) is 14.7. The molecule has 0 saturated heterocycles. The molecule has 3 unspecified atom stereocenters. The number of hydrogen-bond donors (Lipinski definition) is 3. The fourth-order valence-electron chi connectivity index (χ4n) is 10.8. The zero-order valence-electron chi connectivity index (χ0n) is 75.2. The number of alkyl carbamates (subject to hydrolysis) is 3. The Labute approximate surface area is 784 Å². The molecule has 3 amide bonds. The summed E-state index contributed by atoms with van der Waals surface area (Å²) in [4.78, 5) is 240. The Morgan fingerprint density at radius 2 is 0.348 bits per heavy atom. The molecule has 0 aliphatic carbocycles. The SMILES string of the molecule is O=C(NC(Cc1ccc(OC(=O)OCCCCCCO[N+](=O)[O-])cc1)C(=O)OCCCCCCO[N+](=O)[O-])OCCCCCCO[N+](=O)[O-].O=C(NC(Cc1ccc(OC(=O)OCCCCCO[N+](=O)[O-])cc1)C(=O)OCCCCCO[N+](=O)[O-])OCCCCCO[N+](=O)[O-].O=C(NC(Cc1ccc(OC(=O)OCCCCO[N+](=O)[O-])cc1)C(=O)OCCCCO[N+](=O)[O-])OCCCCO[N+](=O)[O-]. The summed E-state index contributed by atoms with van der Waals surface area (Å²) in [6.45, 7) is -0.671. The maximum atomic E-state index is 12.9. The van der Waals surface area contributed by atoms with Crippen LogP contribution < -0.4 is 30.2 Å². The average molecular weight is 1990 g/mol. The molecule has 0 heterocycles. The molecule has 0 spiro atoms. The summed E-state index contributed by atoms with van der Waals surface area (Å²) in [5, 5.41) is 90.6. The first-order chi connectivity index (χ1) is 66.2. The number of amides is 3. The van der Waals surface area contributed by atoms with Gasteiger partial charge in [-0.25, -0.2) is 43.2 Å². The van der Waals surface area contributed by atoms with E-state index in [1.807, 2.05) is 0 Å². The Balaban J connectivity index is 0.00000104. The molecule has 3 aromatic carbocycles. The molecule has 0 aliphatic rings. The molecule has 0 saturated carbocycles. The largest absolute Gasteiger partial charge is 0.513 e. The van der Waals surface area contributed by atoms with Gasteiger partial charge in [-0.05, 0) is 207 Å². The Hall–Kier alpha value is -15.5. The van der Waals surface area contributed by atoms with Crippen molar-refractivity contribution in [1.29, 1.82) is 0 Å². The highest BCUT2D eigenvalue weighted by atomic mass is 17.0. The van der Waals surface area contributed by atoms with Crippen LogP contribution in [0.2, 0.25) is 0 Å². The standard InChI is InChI=1S/C29H44N4O16.C26H38N4O16.C23H32N4O16/c34-27(43-17-7-1-4-10-20-46-31(37)38)26(30-28(35)44-18-8-2-5-11-21-47-32(39)40)23-24-13-15-25(16-14-24)49-29(36)45-19-9-3-6-12-22-48-33(41)42;31-24(40-14-4-1-7-17-43-28(34)35)23(27-25(32)41-15-5-2-8-18-44-29(36)37)20-21-10-12-22(13-11-21)46-26(33)42-16-6-3-9-19-45-30(38)39;28-21(37-11-1-4-14-40-25(31)32)20(24-22(29)38-12-2-5-15-41-26(33)34)17-18-7-9-19(10-8-18)43-23(30)39-13-3-6-16-42-27(35)36/h13-16,26H,1-12,17-23H2,(H,30,35);10-13,23H,1-9,14-20H2,(H,27,32);7-10,20H,1-6,11-17H2,(H,24,29). The maximum absolute atomic E-state index is 12.9. The second-order valence-corrected chi connectivity index (χ2v) is 28.2. The van der Waals surface area contributed by atoms with Crippen LogP contribution in [0.25, 0.3) is 0 Å². The van der Waals surface area contributed by atoms with Crippen molar-refractivity contribution in [1.82, 2.24) is 16.0 Å². The predicted molar refractivity (Wildman–Crippen MR) is 455 cm³/mol. The minimum Gasteiger partial charge on any atom is -0.464 e. The number of esters is 3. The molecule has 0 bridgehead atoms. The average Bonchev–Trinajstić information content (AvgIpc) is 0.878. The lowest BCUT2D eigenvalue weighted by atomic mass is 10.1. The monoisotopic (exact) mass is 1990 g/mol. The molecule has 3 N–H and O–H groups in total. The number of nitrogens with one attached hydrogen (secondary N) is 3. The number of ether oxygens (including phenoxy) is 12. The van der Waals surface area contributed by atoms with Crippen LogP contribution in [-0.4, -0.2) is 237 Å². The second-order valence-electron chi connectivity index (χ2n) is 28.2. The molecule has 3 aromatic rings. The van der Waals surface area contributed by atoms with E-state index in [0.29, 0.717) is 164 Å². The lowest BCUT2D eigenvalue weighted by molar-refractivity contribution is -0.757. The van der Waals surface area contributed by atoms with Gasteiger partial charge in [0.1, 0.15) is 35.4 Å². The zero-order valence-corrected chi connectivity index (χ0v) is 75.2. The quantitative estimate of drug-likeness (QED) is 0.0118. The van der Waals surface area contributed by atoms with Crippen LogP contribution in [0.5, 0.6) is 17.2 Å². The van der Waals surface area contributed by atoms with Crippen molar-refractivity contribution in [3.8, 4) is 17.2 Å². The third-order valence-corrected chi connectivity index (χ3v) is 17.4. The van der Waals surface area contributed by atoms with E-state index in [1.54, 1.807) is 24.3 Å². The van der Waals surface area contributed by atoms with Crippen molar-refractivity contribution in [2.75, 3.05) is 119 Å². The van der Waals surface area contributed by atoms with Gasteiger partial charge in [0.05, 0.1) is 119 Å². The van der Waals surface area contributed by atoms with Crippen LogP contribution >= 0.6 is 0 Å². The molecule has 0 aliphatic heterocycles. The minimum absolute atomic E-state index is 0.00169. The number of hydrogen-bond acceptors (Lipinski definition) is 48. The fraction of sp³-hybridized carbons (Fsp3) is 0.654. The summed E-state index contributed by atoms with van der Waals surface area (Å²) in [6.07, 6.45) is 6.99. The molecule has 3 rings (SSSR count). The van der Waals surface area contributed by atoms with Crippen molar-refractivity contribution >= 4 is 54.7 Å². The van der Waals surface area contributed by atoms with Gasteiger partial charge in [-0.15, -0.1) is 91.0 Å². The van der Waals surface area contributed by atoms with Gasteiger partial charge in [0.15, 0.2) is 0 Å². The van der Waals surface area contributed by atoms with Gasteiger partial charge in [0.25, 0.3) is 45.8 Å². The molecular formula is C78H114N12O48. The summed E-state index contributed by atoms with van der Waals surface area (Å²) in [7, 11) is 0. The van der Waals surface area contributed by atoms with Crippen molar-refractivity contribution in [3.05, 3.63) is 181 Å². The van der Waals surface area contributed by atoms with Crippen molar-refractivity contribution < 1.29 is 189 Å². The molecule has 60 heteroatoms. The van der Waals surface area contributed by atoms with Gasteiger partial charge >= 0.3 is 54.7 Å². The van der Waals surface area contributed by atoms with E-state index in [0.717, 1.165) is 0 Å². The second kappa shape index (κ2) is 78.9. The van der Waals surface area contributed by atoms with E-state index < -0.39 is 119 Å². The minimum atomic E-state index is -1.20. The van der Waals surface area contributed by atoms with E-state index in [4.69, 9.17) is 56.8 Å². The fourth-order valence-corrected chi connectivity index (χ4v) is 10.8. The Morgan fingerprint density at radius 3 is 0.529 bits per heavy atom. The smallest absolute Gasteiger partial charge is 0.464 e. The number of nitrogens with zero attached hydrogens (tertiary/aromatic N) is 9. The van der Waals surface area contributed by atoms with Gasteiger partial charge in [0.2, 0.25) is 0 Å². The highest BCUT2D eigenvalue weighted by Crippen LogP contribution is 2.20. The highest BCUT2D eigenvalue weighted by molar-refractivity contribution is 5.83. The third-order valence-electron chi connectivity index (χ3n) is 17.4. The first-order valence-electron chi connectivity index (χ1n) is 43.3. The van der Waals surface area contributed by atoms with Crippen LogP contribution in [0.15, 0.2) is 72.8 Å². The van der Waals surface area contributed by atoms with Crippen LogP contribution in [0.3, 0.4) is 0 Å². The molecule has 138 heavy (non-hydrogen) atoms. The molecule has 3 atom stereocenters. The normalized spacial score (nSPS) is 11.0. The Kier molecular flexibility index (Phi) is 68.9. The zero-order chi connectivity index (χ0) is 102. The lowest BCUT2D eigenvalue weighted by Crippen LogP contribution is -2.43. The van der Waals surface area contributed by atoms with Crippen LogP contribution in [0.4, 0.5) is 28.8 Å². The molecule has 0 aromatic heterocycles. The van der Waals surface area contributed by atoms with E-state index in [2.05, 4.69) is 59.5 Å². The molecular weight excluding hydrogens is 1870 g/mol. The predicted octanol–water partition coefficient (Wildman–Crippen LogP) is 10.6. The number of rotatable bonds is 78. The van der Waals surface area contributed by atoms with Gasteiger partial charge in [-0.2, -0.15) is 0 Å². The van der Waals surface area contributed by atoms with E-state index >= 15 is 0 Å². The number of benzene rings is 3. The first kappa shape index (κ1) is 120. The first-order valence-corrected chi connectivity index (χ1v) is 43.3. The van der Waals surface area contributed by atoms with Gasteiger partial charge in [-0.1, -0.05) is 55.7 Å². The van der Waals surface area contributed by atoms with Crippen LogP contribution in [0, 0.1) is 91.0 Å². The topological polar surface area (TPSA) is 772 Å². The lowest BCUT2D eigenvalue weighted by Gasteiger charge is -2.18. The van der Waals surface area contributed by atoms with E-state index in [-0.39, 0.29) is 181 Å². The number of unbranched alkanes of at least 4 members (excludes halogenated alkanes) is 18. The highest BCUT2D eigenvalue weighted by Gasteiger charge is 2.28.